The standard InChI is InChI=1S/C9H20NO/c1-7(2)8(3,4)9(5,6)10-11/h7,10H,1-6H3/q-1. The van der Waals surface area contributed by atoms with Gasteiger partial charge < -0.3 is 10.7 Å². The predicted octanol–water partition coefficient (Wildman–Crippen LogP) is 2.53. The van der Waals surface area contributed by atoms with Gasteiger partial charge in [0.1, 0.15) is 0 Å². The Labute approximate surface area is 70.0 Å². The summed E-state index contributed by atoms with van der Waals surface area (Å²) in [6.45, 7) is 12.4. The van der Waals surface area contributed by atoms with Crippen molar-refractivity contribution in [3.63, 3.8) is 0 Å². The number of nitrogens with one attached hydrogen (secondary N) is 1. The zero-order chi connectivity index (χ0) is 9.28. The highest BCUT2D eigenvalue weighted by Crippen LogP contribution is 2.37. The van der Waals surface area contributed by atoms with Crippen molar-refractivity contribution in [3.8, 4) is 0 Å². The van der Waals surface area contributed by atoms with Gasteiger partial charge in [-0.3, -0.25) is 0 Å². The van der Waals surface area contributed by atoms with E-state index in [-0.39, 0.29) is 11.0 Å². The van der Waals surface area contributed by atoms with Gasteiger partial charge >= 0.3 is 0 Å². The number of rotatable bonds is 3. The zero-order valence-electron chi connectivity index (χ0n) is 8.49. The van der Waals surface area contributed by atoms with Gasteiger partial charge in [-0.15, -0.1) is 0 Å². The average Bonchev–Trinajstić information content (AvgIpc) is 1.87. The molecule has 0 atom stereocenters. The molecule has 0 unspecified atom stereocenters. The third-order valence-corrected chi connectivity index (χ3v) is 3.31. The minimum Gasteiger partial charge on any atom is -0.787 e. The summed E-state index contributed by atoms with van der Waals surface area (Å²) in [6.07, 6.45) is 0. The summed E-state index contributed by atoms with van der Waals surface area (Å²) < 4.78 is 0. The Morgan fingerprint density at radius 1 is 1.09 bits per heavy atom. The van der Waals surface area contributed by atoms with Crippen LogP contribution in [0.2, 0.25) is 0 Å². The number of hydrogen-bond acceptors (Lipinski definition) is 2. The highest BCUT2D eigenvalue weighted by atomic mass is 16.5. The highest BCUT2D eigenvalue weighted by molar-refractivity contribution is 4.94. The van der Waals surface area contributed by atoms with Gasteiger partial charge in [0, 0.05) is 5.54 Å². The fourth-order valence-corrected chi connectivity index (χ4v) is 0.853. The lowest BCUT2D eigenvalue weighted by Crippen LogP contribution is -2.51. The van der Waals surface area contributed by atoms with Crippen molar-refractivity contribution in [1.82, 2.24) is 5.48 Å². The summed E-state index contributed by atoms with van der Waals surface area (Å²) in [7, 11) is 0. The second-order valence-corrected chi connectivity index (χ2v) is 4.60. The summed E-state index contributed by atoms with van der Waals surface area (Å²) in [5.74, 6) is 0.499. The van der Waals surface area contributed by atoms with Gasteiger partial charge in [-0.25, -0.2) is 0 Å². The second kappa shape index (κ2) is 3.11. The van der Waals surface area contributed by atoms with Crippen LogP contribution in [0.1, 0.15) is 41.5 Å². The van der Waals surface area contributed by atoms with Crippen LogP contribution < -0.4 is 5.48 Å². The van der Waals surface area contributed by atoms with Gasteiger partial charge in [0.25, 0.3) is 0 Å². The van der Waals surface area contributed by atoms with Crippen LogP contribution in [0.25, 0.3) is 0 Å². The normalized spacial score (nSPS) is 14.2. The van der Waals surface area contributed by atoms with Gasteiger partial charge in [-0.1, -0.05) is 27.7 Å². The minimum absolute atomic E-state index is 0.0226. The maximum absolute atomic E-state index is 10.7. The molecule has 0 amide bonds. The molecular formula is C9H20NO-. The lowest BCUT2D eigenvalue weighted by molar-refractivity contribution is 0.109. The summed E-state index contributed by atoms with van der Waals surface area (Å²) in [5.41, 5.74) is 1.79. The SMILES string of the molecule is CC(C)C(C)(C)C(C)(C)N[O-]. The van der Waals surface area contributed by atoms with Gasteiger partial charge in [0.05, 0.1) is 0 Å². The molecule has 0 aromatic carbocycles. The predicted molar refractivity (Wildman–Crippen MR) is 49.2 cm³/mol. The summed E-state index contributed by atoms with van der Waals surface area (Å²) in [6, 6.07) is 0. The van der Waals surface area contributed by atoms with E-state index in [0.29, 0.717) is 5.92 Å². The molecular weight excluding hydrogens is 138 g/mol. The molecule has 0 fully saturated rings. The topological polar surface area (TPSA) is 35.1 Å². The molecule has 0 bridgehead atoms. The lowest BCUT2D eigenvalue weighted by atomic mass is 9.68. The average molecular weight is 158 g/mol. The van der Waals surface area contributed by atoms with Gasteiger partial charge in [0.15, 0.2) is 0 Å². The van der Waals surface area contributed by atoms with Crippen molar-refractivity contribution in [2.75, 3.05) is 0 Å². The molecule has 2 heteroatoms. The van der Waals surface area contributed by atoms with Crippen LogP contribution in [-0.2, 0) is 0 Å². The Morgan fingerprint density at radius 3 is 1.55 bits per heavy atom. The molecule has 0 saturated carbocycles. The first-order valence-corrected chi connectivity index (χ1v) is 4.15. The van der Waals surface area contributed by atoms with E-state index in [0.717, 1.165) is 0 Å². The van der Waals surface area contributed by atoms with Gasteiger partial charge in [0.2, 0.25) is 0 Å². The fraction of sp³-hybridized carbons (Fsp3) is 1.00. The van der Waals surface area contributed by atoms with Crippen molar-refractivity contribution >= 4 is 0 Å². The van der Waals surface area contributed by atoms with E-state index >= 15 is 0 Å². The Bertz CT molecular complexity index is 128. The molecule has 0 saturated heterocycles. The minimum atomic E-state index is -0.346. The lowest BCUT2D eigenvalue weighted by Gasteiger charge is -2.48. The highest BCUT2D eigenvalue weighted by Gasteiger charge is 2.36. The van der Waals surface area contributed by atoms with Crippen molar-refractivity contribution in [3.05, 3.63) is 5.21 Å². The van der Waals surface area contributed by atoms with Crippen molar-refractivity contribution in [1.29, 1.82) is 0 Å². The monoisotopic (exact) mass is 158 g/mol. The Kier molecular flexibility index (Phi) is 3.09. The summed E-state index contributed by atoms with van der Waals surface area (Å²) in [4.78, 5) is 0. The van der Waals surface area contributed by atoms with Crippen molar-refractivity contribution in [2.24, 2.45) is 11.3 Å². The Morgan fingerprint density at radius 2 is 1.45 bits per heavy atom. The first-order chi connectivity index (χ1) is 4.75. The molecule has 0 heterocycles. The maximum atomic E-state index is 10.7. The molecule has 0 aliphatic rings. The number of hydrogen-bond donors (Lipinski definition) is 1. The van der Waals surface area contributed by atoms with Crippen LogP contribution in [-0.4, -0.2) is 5.54 Å². The van der Waals surface area contributed by atoms with Crippen LogP contribution in [0, 0.1) is 16.5 Å². The van der Waals surface area contributed by atoms with E-state index in [9.17, 15) is 5.21 Å². The number of hydroxylamine groups is 1. The molecule has 68 valence electrons. The third kappa shape index (κ3) is 1.94. The third-order valence-electron chi connectivity index (χ3n) is 3.31. The molecule has 0 aromatic rings. The van der Waals surface area contributed by atoms with E-state index in [2.05, 4.69) is 33.2 Å². The van der Waals surface area contributed by atoms with E-state index in [1.54, 1.807) is 0 Å². The van der Waals surface area contributed by atoms with Crippen molar-refractivity contribution in [2.45, 2.75) is 47.1 Å². The molecule has 0 aliphatic heterocycles. The van der Waals surface area contributed by atoms with E-state index < -0.39 is 0 Å². The molecule has 1 N–H and O–H groups in total. The van der Waals surface area contributed by atoms with E-state index in [1.807, 2.05) is 13.8 Å². The van der Waals surface area contributed by atoms with Crippen LogP contribution >= 0.6 is 0 Å². The summed E-state index contributed by atoms with van der Waals surface area (Å²) >= 11 is 0. The molecule has 0 aliphatic carbocycles. The molecule has 0 spiro atoms. The van der Waals surface area contributed by atoms with Gasteiger partial charge in [-0.2, -0.15) is 0 Å². The molecule has 0 radical (unpaired) electrons. The first kappa shape index (κ1) is 10.9. The van der Waals surface area contributed by atoms with Crippen LogP contribution in [0.4, 0.5) is 0 Å². The van der Waals surface area contributed by atoms with Crippen LogP contribution in [0.15, 0.2) is 0 Å². The fourth-order valence-electron chi connectivity index (χ4n) is 0.853. The molecule has 11 heavy (non-hydrogen) atoms. The van der Waals surface area contributed by atoms with Crippen LogP contribution in [0.3, 0.4) is 0 Å². The molecule has 2 nitrogen and oxygen atoms in total. The zero-order valence-corrected chi connectivity index (χ0v) is 8.49. The Hall–Kier alpha value is -0.0800. The molecule has 0 rings (SSSR count). The smallest absolute Gasteiger partial charge is 0.00626 e. The van der Waals surface area contributed by atoms with E-state index in [4.69, 9.17) is 0 Å². The largest absolute Gasteiger partial charge is 0.787 e. The molecule has 0 aromatic heterocycles. The van der Waals surface area contributed by atoms with E-state index in [1.165, 1.54) is 0 Å². The Balaban J connectivity index is 4.53. The second-order valence-electron chi connectivity index (χ2n) is 4.60. The maximum Gasteiger partial charge on any atom is 0.00626 e. The van der Waals surface area contributed by atoms with Crippen molar-refractivity contribution < 1.29 is 0 Å². The first-order valence-electron chi connectivity index (χ1n) is 4.15. The summed E-state index contributed by atoms with van der Waals surface area (Å²) in [5, 5.41) is 10.7. The van der Waals surface area contributed by atoms with Crippen LogP contribution in [0.5, 0.6) is 0 Å². The quantitative estimate of drug-likeness (QED) is 0.640. The van der Waals surface area contributed by atoms with Gasteiger partial charge in [-0.05, 0) is 25.2 Å².